The Morgan fingerprint density at radius 3 is 2.40 bits per heavy atom. The van der Waals surface area contributed by atoms with Crippen LogP contribution < -0.4 is 0 Å². The minimum Gasteiger partial charge on any atom is -0.379 e. The van der Waals surface area contributed by atoms with Crippen LogP contribution in [0.5, 0.6) is 0 Å². The van der Waals surface area contributed by atoms with E-state index in [2.05, 4.69) is 23.0 Å². The van der Waals surface area contributed by atoms with Crippen LogP contribution in [-0.2, 0) is 9.53 Å². The number of amides is 1. The van der Waals surface area contributed by atoms with Crippen molar-refractivity contribution in [1.82, 2.24) is 19.6 Å². The Morgan fingerprint density at radius 1 is 0.976 bits per heavy atom. The number of ether oxygens (including phenoxy) is 1. The van der Waals surface area contributed by atoms with Crippen molar-refractivity contribution in [2.75, 3.05) is 39.4 Å². The smallest absolute Gasteiger partial charge is 0.226 e. The van der Waals surface area contributed by atoms with Crippen LogP contribution in [0.3, 0.4) is 0 Å². The maximum Gasteiger partial charge on any atom is 0.226 e. The topological polar surface area (TPSA) is 50.6 Å². The third-order valence-corrected chi connectivity index (χ3v) is 9.97. The van der Waals surface area contributed by atoms with Gasteiger partial charge in [-0.1, -0.05) is 23.7 Å². The second-order valence-corrected chi connectivity index (χ2v) is 13.0. The van der Waals surface area contributed by atoms with Gasteiger partial charge in [-0.05, 0) is 87.9 Å². The SMILES string of the molecule is Cc1ccc([C@@H]2CC(C)(N3CCOCC3)C[C@H]2C(=O)N2CCC(c3cc(C)nn3-c3ccc(F)c(Cl)c3)CC2)c(F)c1. The van der Waals surface area contributed by atoms with E-state index in [1.807, 2.05) is 35.6 Å². The van der Waals surface area contributed by atoms with Gasteiger partial charge in [-0.25, -0.2) is 13.5 Å². The second kappa shape index (κ2) is 11.7. The van der Waals surface area contributed by atoms with Gasteiger partial charge in [-0.15, -0.1) is 0 Å². The minimum absolute atomic E-state index is 0.0622. The lowest BCUT2D eigenvalue weighted by Crippen LogP contribution is -2.50. The molecule has 3 heterocycles. The third-order valence-electron chi connectivity index (χ3n) is 9.68. The monoisotopic (exact) mass is 596 g/mol. The zero-order valence-electron chi connectivity index (χ0n) is 24.6. The molecule has 2 saturated heterocycles. The predicted molar refractivity (Wildman–Crippen MR) is 159 cm³/mol. The molecule has 0 N–H and O–H groups in total. The number of benzene rings is 2. The first-order chi connectivity index (χ1) is 20.1. The Bertz CT molecular complexity index is 1460. The van der Waals surface area contributed by atoms with Crippen LogP contribution >= 0.6 is 11.6 Å². The molecule has 224 valence electrons. The molecule has 6 nitrogen and oxygen atoms in total. The lowest BCUT2D eigenvalue weighted by Gasteiger charge is -2.41. The Balaban J connectivity index is 1.21. The molecule has 1 aliphatic carbocycles. The fourth-order valence-corrected chi connectivity index (χ4v) is 7.63. The molecule has 9 heteroatoms. The van der Waals surface area contributed by atoms with Crippen molar-refractivity contribution in [3.63, 3.8) is 0 Å². The van der Waals surface area contributed by atoms with Crippen LogP contribution in [0.4, 0.5) is 8.78 Å². The van der Waals surface area contributed by atoms with Crippen LogP contribution in [0.15, 0.2) is 42.5 Å². The molecule has 1 unspecified atom stereocenters. The van der Waals surface area contributed by atoms with Gasteiger partial charge in [-0.2, -0.15) is 5.10 Å². The number of likely N-dealkylation sites (tertiary alicyclic amines) is 1. The molecule has 0 bridgehead atoms. The molecule has 1 saturated carbocycles. The van der Waals surface area contributed by atoms with Crippen LogP contribution in [0, 0.1) is 31.4 Å². The third kappa shape index (κ3) is 5.61. The molecule has 2 aromatic carbocycles. The zero-order valence-corrected chi connectivity index (χ0v) is 25.3. The van der Waals surface area contributed by atoms with Crippen molar-refractivity contribution in [3.8, 4) is 5.69 Å². The lowest BCUT2D eigenvalue weighted by molar-refractivity contribution is -0.137. The van der Waals surface area contributed by atoms with Crippen LogP contribution in [-0.4, -0.2) is 70.4 Å². The Hall–Kier alpha value is -2.81. The van der Waals surface area contributed by atoms with Crippen LogP contribution in [0.1, 0.15) is 67.0 Å². The molecule has 0 radical (unpaired) electrons. The summed E-state index contributed by atoms with van der Waals surface area (Å²) >= 11 is 6.07. The van der Waals surface area contributed by atoms with Gasteiger partial charge < -0.3 is 9.64 Å². The van der Waals surface area contributed by atoms with E-state index in [1.54, 1.807) is 18.2 Å². The van der Waals surface area contributed by atoms with Crippen LogP contribution in [0.25, 0.3) is 5.69 Å². The highest BCUT2D eigenvalue weighted by molar-refractivity contribution is 6.30. The fourth-order valence-electron chi connectivity index (χ4n) is 7.46. The number of aromatic nitrogens is 2. The summed E-state index contributed by atoms with van der Waals surface area (Å²) in [6.45, 7) is 10.4. The van der Waals surface area contributed by atoms with Crippen molar-refractivity contribution < 1.29 is 18.3 Å². The first-order valence-corrected chi connectivity index (χ1v) is 15.4. The van der Waals surface area contributed by atoms with Gasteiger partial charge in [0.1, 0.15) is 11.6 Å². The highest BCUT2D eigenvalue weighted by Crippen LogP contribution is 2.50. The summed E-state index contributed by atoms with van der Waals surface area (Å²) < 4.78 is 36.6. The lowest BCUT2D eigenvalue weighted by atomic mass is 9.86. The maximum atomic E-state index is 15.3. The predicted octanol–water partition coefficient (Wildman–Crippen LogP) is 6.41. The van der Waals surface area contributed by atoms with E-state index in [9.17, 15) is 9.18 Å². The number of hydrogen-bond acceptors (Lipinski definition) is 4. The number of carbonyl (C=O) groups is 1. The molecule has 3 fully saturated rings. The summed E-state index contributed by atoms with van der Waals surface area (Å²) in [6.07, 6.45) is 3.05. The summed E-state index contributed by atoms with van der Waals surface area (Å²) in [7, 11) is 0. The molecule has 3 aliphatic rings. The number of morpholine rings is 1. The number of aryl methyl sites for hydroxylation is 2. The number of piperidine rings is 1. The number of nitrogens with zero attached hydrogens (tertiary/aromatic N) is 4. The van der Waals surface area contributed by atoms with Crippen molar-refractivity contribution in [1.29, 1.82) is 0 Å². The second-order valence-electron chi connectivity index (χ2n) is 12.6. The standard InChI is InChI=1S/C33H39ClF2N4O2/c1-21-4-6-25(30(36)16-21)26-19-33(3,39-12-14-42-15-13-39)20-27(26)32(41)38-10-8-23(9-11-38)31-17-22(2)37-40(31)24-5-7-29(35)28(34)18-24/h4-7,16-18,23,26-27H,8-15,19-20H2,1-3H3/t26-,27+,33?/m0/s1. The van der Waals surface area contributed by atoms with Crippen molar-refractivity contribution in [3.05, 3.63) is 81.6 Å². The molecule has 3 aromatic rings. The van der Waals surface area contributed by atoms with Crippen molar-refractivity contribution in [2.45, 2.75) is 63.8 Å². The van der Waals surface area contributed by atoms with E-state index < -0.39 is 5.82 Å². The number of hydrogen-bond donors (Lipinski definition) is 0. The first-order valence-electron chi connectivity index (χ1n) is 15.0. The summed E-state index contributed by atoms with van der Waals surface area (Å²) in [6, 6.07) is 12.1. The van der Waals surface area contributed by atoms with E-state index in [-0.39, 0.29) is 40.0 Å². The van der Waals surface area contributed by atoms with E-state index in [4.69, 9.17) is 16.3 Å². The van der Waals surface area contributed by atoms with Gasteiger partial charge in [0.05, 0.1) is 29.6 Å². The van der Waals surface area contributed by atoms with Gasteiger partial charge in [-0.3, -0.25) is 9.69 Å². The van der Waals surface area contributed by atoms with E-state index in [0.717, 1.165) is 55.0 Å². The largest absolute Gasteiger partial charge is 0.379 e. The van der Waals surface area contributed by atoms with E-state index >= 15 is 4.39 Å². The van der Waals surface area contributed by atoms with E-state index in [0.29, 0.717) is 38.3 Å². The Labute approximate surface area is 251 Å². The number of rotatable bonds is 5. The summed E-state index contributed by atoms with van der Waals surface area (Å²) in [5.74, 6) is -0.792. The molecule has 42 heavy (non-hydrogen) atoms. The fraction of sp³-hybridized carbons (Fsp3) is 0.515. The maximum absolute atomic E-state index is 15.3. The number of carbonyl (C=O) groups excluding carboxylic acids is 1. The van der Waals surface area contributed by atoms with Gasteiger partial charge in [0.15, 0.2) is 0 Å². The molecular formula is C33H39ClF2N4O2. The van der Waals surface area contributed by atoms with E-state index in [1.165, 1.54) is 6.07 Å². The molecule has 3 atom stereocenters. The Morgan fingerprint density at radius 2 is 1.71 bits per heavy atom. The molecule has 1 aromatic heterocycles. The molecular weight excluding hydrogens is 558 g/mol. The minimum atomic E-state index is -0.460. The molecule has 6 rings (SSSR count). The Kier molecular flexibility index (Phi) is 8.15. The molecule has 0 spiro atoms. The molecule has 1 amide bonds. The average molecular weight is 597 g/mol. The summed E-state index contributed by atoms with van der Waals surface area (Å²) in [4.78, 5) is 18.7. The summed E-state index contributed by atoms with van der Waals surface area (Å²) in [5.41, 5.74) is 3.99. The van der Waals surface area contributed by atoms with Crippen molar-refractivity contribution in [2.24, 2.45) is 5.92 Å². The van der Waals surface area contributed by atoms with Gasteiger partial charge in [0, 0.05) is 55.2 Å². The zero-order chi connectivity index (χ0) is 29.6. The van der Waals surface area contributed by atoms with Crippen molar-refractivity contribution >= 4 is 17.5 Å². The normalized spacial score (nSPS) is 25.7. The van der Waals surface area contributed by atoms with Gasteiger partial charge in [0.2, 0.25) is 5.91 Å². The van der Waals surface area contributed by atoms with Crippen LogP contribution in [0.2, 0.25) is 5.02 Å². The van der Waals surface area contributed by atoms with Gasteiger partial charge >= 0.3 is 0 Å². The average Bonchev–Trinajstić information content (AvgIpc) is 3.55. The quantitative estimate of drug-likeness (QED) is 0.341. The highest BCUT2D eigenvalue weighted by atomic mass is 35.5. The van der Waals surface area contributed by atoms with Gasteiger partial charge in [0.25, 0.3) is 0 Å². The first kappa shape index (κ1) is 29.3. The summed E-state index contributed by atoms with van der Waals surface area (Å²) in [5, 5.41) is 4.73. The number of halogens is 3. The molecule has 2 aliphatic heterocycles. The highest BCUT2D eigenvalue weighted by Gasteiger charge is 2.50.